The van der Waals surface area contributed by atoms with Crippen molar-refractivity contribution in [3.05, 3.63) is 22.3 Å². The molecule has 2 N–H and O–H groups in total. The summed E-state index contributed by atoms with van der Waals surface area (Å²) in [5, 5.41) is 2.40. The van der Waals surface area contributed by atoms with Gasteiger partial charge < -0.3 is 0 Å². The number of nitrogens with two attached hydrogens (primary N) is 1. The molecular formula is C15H29NTi. The van der Waals surface area contributed by atoms with E-state index in [9.17, 15) is 0 Å². The molecule has 0 amide bonds. The summed E-state index contributed by atoms with van der Waals surface area (Å²) in [4.78, 5) is 0. The molecule has 0 aromatic heterocycles. The fraction of sp³-hybridized carbons (Fsp3) is 0.733. The molecule has 0 radical (unpaired) electrons. The fourth-order valence-electron chi connectivity index (χ4n) is 3.58. The van der Waals surface area contributed by atoms with Crippen LogP contribution in [0.1, 0.15) is 48.5 Å². The molecule has 0 fully saturated rings. The van der Waals surface area contributed by atoms with Crippen LogP contribution in [0.2, 0.25) is 14.2 Å². The molecular weight excluding hydrogens is 242 g/mol. The van der Waals surface area contributed by atoms with Crippen LogP contribution in [-0.4, -0.2) is 0 Å². The van der Waals surface area contributed by atoms with Gasteiger partial charge in [-0.1, -0.05) is 0 Å². The molecule has 0 aliphatic heterocycles. The van der Waals surface area contributed by atoms with E-state index in [1.165, 1.54) is 15.9 Å². The monoisotopic (exact) mass is 271 g/mol. The quantitative estimate of drug-likeness (QED) is 0.702. The van der Waals surface area contributed by atoms with Gasteiger partial charge in [0, 0.05) is 0 Å². The van der Waals surface area contributed by atoms with Crippen LogP contribution in [0, 0.1) is 5.41 Å². The number of hydrogen-bond donors (Lipinski definition) is 1. The van der Waals surface area contributed by atoms with Crippen molar-refractivity contribution in [2.75, 3.05) is 0 Å². The van der Waals surface area contributed by atoms with E-state index in [2.05, 4.69) is 53.7 Å². The first-order valence-electron chi connectivity index (χ1n) is 6.61. The van der Waals surface area contributed by atoms with E-state index in [-0.39, 0.29) is 0 Å². The van der Waals surface area contributed by atoms with Crippen LogP contribution in [0.4, 0.5) is 0 Å². The molecule has 1 aliphatic rings. The molecule has 0 aromatic carbocycles. The molecule has 1 unspecified atom stereocenters. The summed E-state index contributed by atoms with van der Waals surface area (Å²) < 4.78 is 8.67. The molecule has 1 rings (SSSR count). The van der Waals surface area contributed by atoms with Crippen molar-refractivity contribution in [3.63, 3.8) is 0 Å². The zero-order valence-electron chi connectivity index (χ0n) is 12.9. The molecule has 0 saturated heterocycles. The van der Waals surface area contributed by atoms with Gasteiger partial charge in [-0.25, -0.2) is 0 Å². The van der Waals surface area contributed by atoms with E-state index >= 15 is 0 Å². The molecule has 0 bridgehead atoms. The zero-order chi connectivity index (χ0) is 13.6. The topological polar surface area (TPSA) is 26.0 Å². The molecule has 2 heteroatoms. The van der Waals surface area contributed by atoms with Gasteiger partial charge in [-0.15, -0.1) is 0 Å². The molecule has 1 nitrogen and oxygen atoms in total. The van der Waals surface area contributed by atoms with Crippen molar-refractivity contribution in [2.45, 2.75) is 62.6 Å². The van der Waals surface area contributed by atoms with Crippen molar-refractivity contribution >= 4 is 0 Å². The van der Waals surface area contributed by atoms with Gasteiger partial charge in [0.1, 0.15) is 0 Å². The van der Waals surface area contributed by atoms with Gasteiger partial charge in [0.25, 0.3) is 0 Å². The average molecular weight is 271 g/mol. The van der Waals surface area contributed by atoms with Crippen LogP contribution in [0.5, 0.6) is 0 Å². The molecule has 98 valence electrons. The van der Waals surface area contributed by atoms with Gasteiger partial charge in [-0.05, 0) is 0 Å². The van der Waals surface area contributed by atoms with Crippen LogP contribution in [0.25, 0.3) is 0 Å². The van der Waals surface area contributed by atoms with Gasteiger partial charge >= 0.3 is 111 Å². The number of rotatable bonds is 2. The summed E-state index contributed by atoms with van der Waals surface area (Å²) in [7, 11) is 0. The maximum absolute atomic E-state index is 6.83. The molecule has 0 aromatic rings. The SMILES string of the molecule is CC1=C(C)[CH]([Ti]([CH3])([NH2])[CH2]C(C)(C)C)C(C)=C1C. The molecule has 17 heavy (non-hydrogen) atoms. The van der Waals surface area contributed by atoms with Gasteiger partial charge in [-0.2, -0.15) is 0 Å². The van der Waals surface area contributed by atoms with E-state index < -0.39 is 16.8 Å². The van der Waals surface area contributed by atoms with Gasteiger partial charge in [-0.3, -0.25) is 0 Å². The Kier molecular flexibility index (Phi) is 4.19. The second-order valence-corrected chi connectivity index (χ2v) is 13.4. The predicted octanol–water partition coefficient (Wildman–Crippen LogP) is 5.00. The molecule has 0 heterocycles. The normalized spacial score (nSPS) is 22.4. The zero-order valence-corrected chi connectivity index (χ0v) is 14.4. The summed E-state index contributed by atoms with van der Waals surface area (Å²) in [5.41, 5.74) is 6.44. The fourth-order valence-corrected chi connectivity index (χ4v) is 11.2. The van der Waals surface area contributed by atoms with Crippen molar-refractivity contribution in [2.24, 2.45) is 9.63 Å². The Hall–Kier alpha value is 0.154. The molecule has 0 saturated carbocycles. The summed E-state index contributed by atoms with van der Waals surface area (Å²) in [6.07, 6.45) is 0. The van der Waals surface area contributed by atoms with Crippen molar-refractivity contribution < 1.29 is 16.8 Å². The van der Waals surface area contributed by atoms with E-state index in [1.807, 2.05) is 0 Å². The predicted molar refractivity (Wildman–Crippen MR) is 74.8 cm³/mol. The van der Waals surface area contributed by atoms with E-state index in [0.717, 1.165) is 0 Å². The third kappa shape index (κ3) is 3.13. The van der Waals surface area contributed by atoms with Gasteiger partial charge in [0.05, 0.1) is 0 Å². The Labute approximate surface area is 111 Å². The molecule has 0 spiro atoms. The first-order chi connectivity index (χ1) is 7.47. The average Bonchev–Trinajstić information content (AvgIpc) is 2.27. The van der Waals surface area contributed by atoms with Crippen LogP contribution in [0.15, 0.2) is 22.3 Å². The van der Waals surface area contributed by atoms with Crippen LogP contribution in [0.3, 0.4) is 0 Å². The Bertz CT molecular complexity index is 356. The Balaban J connectivity index is 3.10. The molecule has 1 aliphatic carbocycles. The molecule has 1 atom stereocenters. The summed E-state index contributed by atoms with van der Waals surface area (Å²) in [6, 6.07) is 0. The van der Waals surface area contributed by atoms with E-state index in [0.29, 0.717) is 9.64 Å². The number of allylic oxidation sites excluding steroid dienone is 4. The van der Waals surface area contributed by atoms with Crippen molar-refractivity contribution in [1.82, 2.24) is 0 Å². The Morgan fingerprint density at radius 2 is 1.35 bits per heavy atom. The Morgan fingerprint density at radius 1 is 1.00 bits per heavy atom. The van der Waals surface area contributed by atoms with Gasteiger partial charge in [0.15, 0.2) is 0 Å². The first kappa shape index (κ1) is 15.2. The van der Waals surface area contributed by atoms with Crippen LogP contribution in [-0.2, 0) is 16.8 Å². The third-order valence-electron chi connectivity index (χ3n) is 4.18. The standard InChI is InChI=1S/C9H13.C5H11.CH3.H2N.Ti/c1-6-5-7(2)9(4)8(6)3;1-5(2,3)4;;;/h5H,1-4H3;1H2,2-4H3;1H3;1H2;/q;;;-1;+1. The van der Waals surface area contributed by atoms with Crippen molar-refractivity contribution in [1.29, 1.82) is 0 Å². The minimum absolute atomic E-state index is 0.356. The third-order valence-corrected chi connectivity index (χ3v) is 10.4. The number of hydrogen-bond acceptors (Lipinski definition) is 1. The van der Waals surface area contributed by atoms with E-state index in [4.69, 9.17) is 4.22 Å². The van der Waals surface area contributed by atoms with Gasteiger partial charge in [0.2, 0.25) is 0 Å². The Morgan fingerprint density at radius 3 is 1.65 bits per heavy atom. The van der Waals surface area contributed by atoms with Crippen LogP contribution >= 0.6 is 0 Å². The van der Waals surface area contributed by atoms with Crippen molar-refractivity contribution in [3.8, 4) is 0 Å². The van der Waals surface area contributed by atoms with Crippen LogP contribution < -0.4 is 4.22 Å². The summed E-state index contributed by atoms with van der Waals surface area (Å²) in [6.45, 7) is 16.0. The van der Waals surface area contributed by atoms with E-state index in [1.54, 1.807) is 11.1 Å². The second kappa shape index (κ2) is 4.68. The second-order valence-electron chi connectivity index (χ2n) is 7.29. The first-order valence-corrected chi connectivity index (χ1v) is 11.1. The summed E-state index contributed by atoms with van der Waals surface area (Å²) in [5.74, 6) is 0. The maximum atomic E-state index is 6.83. The minimum atomic E-state index is -2.29. The summed E-state index contributed by atoms with van der Waals surface area (Å²) >= 11 is -2.29.